The number of hydrogen-bond donors (Lipinski definition) is 2. The highest BCUT2D eigenvalue weighted by Crippen LogP contribution is 2.39. The number of rotatable bonds is 4. The van der Waals surface area contributed by atoms with Crippen LogP contribution in [0, 0.1) is 0 Å². The third kappa shape index (κ3) is 2.39. The Hall–Kier alpha value is -2.89. The van der Waals surface area contributed by atoms with Crippen LogP contribution in [0.4, 0.5) is 5.69 Å². The predicted octanol–water partition coefficient (Wildman–Crippen LogP) is 2.73. The first kappa shape index (κ1) is 12.8. The highest BCUT2D eigenvalue weighted by molar-refractivity contribution is 6.04. The summed E-state index contributed by atoms with van der Waals surface area (Å²) < 4.78 is 1.86. The molecular weight excluding hydrogens is 278 g/mol. The lowest BCUT2D eigenvalue weighted by Gasteiger charge is -2.10. The molecule has 0 atom stereocenters. The molecule has 2 N–H and O–H groups in total. The molecule has 0 unspecified atom stereocenters. The quantitative estimate of drug-likeness (QED) is 0.776. The van der Waals surface area contributed by atoms with E-state index in [0.29, 0.717) is 11.6 Å². The van der Waals surface area contributed by atoms with Crippen LogP contribution >= 0.6 is 0 Å². The van der Waals surface area contributed by atoms with Crippen LogP contribution in [-0.4, -0.2) is 25.7 Å². The number of anilines is 1. The molecule has 6 nitrogen and oxygen atoms in total. The van der Waals surface area contributed by atoms with E-state index >= 15 is 0 Å². The molecule has 4 rings (SSSR count). The minimum Gasteiger partial charge on any atom is -0.319 e. The number of aromatic nitrogens is 4. The van der Waals surface area contributed by atoms with Crippen molar-refractivity contribution in [2.45, 2.75) is 18.8 Å². The first-order chi connectivity index (χ1) is 10.8. The van der Waals surface area contributed by atoms with Crippen LogP contribution in [0.1, 0.15) is 34.9 Å². The second-order valence-electron chi connectivity index (χ2n) is 5.42. The topological polar surface area (TPSA) is 75.6 Å². The summed E-state index contributed by atoms with van der Waals surface area (Å²) >= 11 is 0. The van der Waals surface area contributed by atoms with Gasteiger partial charge in [-0.1, -0.05) is 12.1 Å². The fraction of sp³-hybridized carbons (Fsp3) is 0.188. The van der Waals surface area contributed by atoms with E-state index in [9.17, 15) is 4.79 Å². The Kier molecular flexibility index (Phi) is 3.00. The van der Waals surface area contributed by atoms with Crippen molar-refractivity contribution in [1.82, 2.24) is 19.7 Å². The fourth-order valence-electron chi connectivity index (χ4n) is 2.45. The number of carbonyl (C=O) groups is 1. The lowest BCUT2D eigenvalue weighted by atomic mass is 10.2. The molecule has 2 aromatic heterocycles. The van der Waals surface area contributed by atoms with Crippen molar-refractivity contribution in [3.63, 3.8) is 0 Å². The fourth-order valence-corrected chi connectivity index (χ4v) is 2.45. The van der Waals surface area contributed by atoms with Crippen molar-refractivity contribution in [1.29, 1.82) is 0 Å². The van der Waals surface area contributed by atoms with Crippen LogP contribution in [0.15, 0.2) is 49.1 Å². The molecule has 1 aliphatic carbocycles. The molecule has 2 heterocycles. The van der Waals surface area contributed by atoms with Gasteiger partial charge in [-0.15, -0.1) is 0 Å². The standard InChI is InChI=1S/C16H15N5O/c22-16(14-9-13(19-20-14)11-5-6-11)18-12-3-1-2-4-15(12)21-8-7-17-10-21/h1-4,7-11H,5-6H2,(H,18,22)(H,19,20). The lowest BCUT2D eigenvalue weighted by molar-refractivity contribution is 0.102. The maximum absolute atomic E-state index is 12.4. The zero-order valence-electron chi connectivity index (χ0n) is 11.9. The maximum Gasteiger partial charge on any atom is 0.276 e. The summed E-state index contributed by atoms with van der Waals surface area (Å²) in [7, 11) is 0. The normalized spacial score (nSPS) is 14.0. The van der Waals surface area contributed by atoms with Crippen molar-refractivity contribution < 1.29 is 4.79 Å². The number of nitrogens with zero attached hydrogens (tertiary/aromatic N) is 3. The Labute approximate surface area is 127 Å². The number of imidazole rings is 1. The SMILES string of the molecule is O=C(Nc1ccccc1-n1ccnc1)c1cc(C2CC2)[nH]n1. The predicted molar refractivity (Wildman–Crippen MR) is 82.1 cm³/mol. The molecule has 0 saturated heterocycles. The summed E-state index contributed by atoms with van der Waals surface area (Å²) in [5, 5.41) is 9.98. The van der Waals surface area contributed by atoms with E-state index in [2.05, 4.69) is 20.5 Å². The number of nitrogens with one attached hydrogen (secondary N) is 2. The average molecular weight is 293 g/mol. The molecule has 110 valence electrons. The van der Waals surface area contributed by atoms with E-state index in [0.717, 1.165) is 17.1 Å². The molecule has 0 bridgehead atoms. The zero-order valence-corrected chi connectivity index (χ0v) is 11.9. The van der Waals surface area contributed by atoms with Gasteiger partial charge in [-0.25, -0.2) is 4.98 Å². The minimum absolute atomic E-state index is 0.212. The van der Waals surface area contributed by atoms with Crippen molar-refractivity contribution in [3.8, 4) is 5.69 Å². The van der Waals surface area contributed by atoms with Crippen LogP contribution in [0.2, 0.25) is 0 Å². The smallest absolute Gasteiger partial charge is 0.276 e. The molecule has 0 radical (unpaired) electrons. The third-order valence-electron chi connectivity index (χ3n) is 3.78. The van der Waals surface area contributed by atoms with E-state index in [1.54, 1.807) is 12.5 Å². The van der Waals surface area contributed by atoms with Crippen LogP contribution in [-0.2, 0) is 0 Å². The van der Waals surface area contributed by atoms with Gasteiger partial charge in [0.15, 0.2) is 5.69 Å². The summed E-state index contributed by atoms with van der Waals surface area (Å²) in [6.07, 6.45) is 7.59. The second kappa shape index (κ2) is 5.14. The van der Waals surface area contributed by atoms with Gasteiger partial charge in [0.1, 0.15) is 0 Å². The van der Waals surface area contributed by atoms with E-state index < -0.39 is 0 Å². The van der Waals surface area contributed by atoms with Crippen LogP contribution in [0.25, 0.3) is 5.69 Å². The third-order valence-corrected chi connectivity index (χ3v) is 3.78. The molecule has 3 aromatic rings. The number of H-pyrrole nitrogens is 1. The number of aromatic amines is 1. The first-order valence-corrected chi connectivity index (χ1v) is 7.25. The van der Waals surface area contributed by atoms with Crippen LogP contribution < -0.4 is 5.32 Å². The van der Waals surface area contributed by atoms with E-state index in [-0.39, 0.29) is 5.91 Å². The minimum atomic E-state index is -0.212. The summed E-state index contributed by atoms with van der Waals surface area (Å²) in [5.41, 5.74) is 3.06. The van der Waals surface area contributed by atoms with E-state index in [4.69, 9.17) is 0 Å². The van der Waals surface area contributed by atoms with Crippen molar-refractivity contribution in [2.24, 2.45) is 0 Å². The van der Waals surface area contributed by atoms with Gasteiger partial charge in [-0.3, -0.25) is 9.89 Å². The summed E-state index contributed by atoms with van der Waals surface area (Å²) in [6, 6.07) is 9.44. The molecule has 1 aliphatic rings. The molecular formula is C16H15N5O. The Morgan fingerprint density at radius 2 is 2.18 bits per heavy atom. The Balaban J connectivity index is 1.59. The van der Waals surface area contributed by atoms with Gasteiger partial charge in [0.25, 0.3) is 5.91 Å². The van der Waals surface area contributed by atoms with Crippen LogP contribution in [0.3, 0.4) is 0 Å². The monoisotopic (exact) mass is 293 g/mol. The Morgan fingerprint density at radius 1 is 1.32 bits per heavy atom. The van der Waals surface area contributed by atoms with Gasteiger partial charge in [0.2, 0.25) is 0 Å². The van der Waals surface area contributed by atoms with Gasteiger partial charge in [-0.05, 0) is 31.0 Å². The lowest BCUT2D eigenvalue weighted by Crippen LogP contribution is -2.14. The van der Waals surface area contributed by atoms with Gasteiger partial charge in [0, 0.05) is 24.0 Å². The van der Waals surface area contributed by atoms with Gasteiger partial charge in [-0.2, -0.15) is 5.10 Å². The van der Waals surface area contributed by atoms with E-state index in [1.165, 1.54) is 12.8 Å². The summed E-state index contributed by atoms with van der Waals surface area (Å²) in [6.45, 7) is 0. The van der Waals surface area contributed by atoms with Crippen molar-refractivity contribution in [2.75, 3.05) is 5.32 Å². The number of hydrogen-bond acceptors (Lipinski definition) is 3. The van der Waals surface area contributed by atoms with Crippen molar-refractivity contribution >= 4 is 11.6 Å². The number of para-hydroxylation sites is 2. The average Bonchev–Trinajstić information content (AvgIpc) is 3.05. The summed E-state index contributed by atoms with van der Waals surface area (Å²) in [4.78, 5) is 16.4. The zero-order chi connectivity index (χ0) is 14.9. The Morgan fingerprint density at radius 3 is 2.95 bits per heavy atom. The maximum atomic E-state index is 12.4. The number of benzene rings is 1. The summed E-state index contributed by atoms with van der Waals surface area (Å²) in [5.74, 6) is 0.336. The number of amides is 1. The second-order valence-corrected chi connectivity index (χ2v) is 5.42. The Bertz CT molecular complexity index is 802. The molecule has 1 amide bonds. The van der Waals surface area contributed by atoms with Crippen LogP contribution in [0.5, 0.6) is 0 Å². The molecule has 0 spiro atoms. The molecule has 1 aromatic carbocycles. The van der Waals surface area contributed by atoms with E-state index in [1.807, 2.05) is 41.1 Å². The molecule has 1 fully saturated rings. The molecule has 6 heteroatoms. The molecule has 0 aliphatic heterocycles. The van der Waals surface area contributed by atoms with Gasteiger partial charge < -0.3 is 9.88 Å². The highest BCUT2D eigenvalue weighted by Gasteiger charge is 2.26. The molecule has 22 heavy (non-hydrogen) atoms. The van der Waals surface area contributed by atoms with Crippen molar-refractivity contribution in [3.05, 3.63) is 60.4 Å². The molecule has 1 saturated carbocycles. The van der Waals surface area contributed by atoms with Gasteiger partial charge in [0.05, 0.1) is 17.7 Å². The first-order valence-electron chi connectivity index (χ1n) is 7.25. The number of carbonyl (C=O) groups excluding carboxylic acids is 1. The highest BCUT2D eigenvalue weighted by atomic mass is 16.1. The largest absolute Gasteiger partial charge is 0.319 e. The van der Waals surface area contributed by atoms with Gasteiger partial charge >= 0.3 is 0 Å².